The van der Waals surface area contributed by atoms with Crippen LogP contribution in [-0.4, -0.2) is 21.6 Å². The minimum absolute atomic E-state index is 0.0290. The molecule has 44 heavy (non-hydrogen) atoms. The molecule has 7 rings (SSSR count). The zero-order valence-electron chi connectivity index (χ0n) is 25.6. The van der Waals surface area contributed by atoms with Gasteiger partial charge in [-0.05, 0) is 97.1 Å². The van der Waals surface area contributed by atoms with Gasteiger partial charge in [0.2, 0.25) is 0 Å². The Kier molecular flexibility index (Phi) is 6.95. The van der Waals surface area contributed by atoms with Gasteiger partial charge in [0.05, 0.1) is 22.1 Å². The minimum atomic E-state index is -0.0290. The first-order chi connectivity index (χ1) is 21.2. The average Bonchev–Trinajstić information content (AvgIpc) is 3.04. The lowest BCUT2D eigenvalue weighted by Crippen LogP contribution is -2.14. The highest BCUT2D eigenvalue weighted by Gasteiger charge is 2.19. The fraction of sp³-hybridized carbons (Fsp3) is 0.158. The van der Waals surface area contributed by atoms with Crippen molar-refractivity contribution in [1.29, 1.82) is 0 Å². The summed E-state index contributed by atoms with van der Waals surface area (Å²) in [7, 11) is 3.99. The molecule has 0 aliphatic carbocycles. The summed E-state index contributed by atoms with van der Waals surface area (Å²) < 4.78 is 4.16. The van der Waals surface area contributed by atoms with Crippen LogP contribution >= 0.6 is 23.5 Å². The second-order valence-corrected chi connectivity index (χ2v) is 13.3. The van der Waals surface area contributed by atoms with Gasteiger partial charge in [-0.2, -0.15) is 0 Å². The number of rotatable bonds is 4. The van der Waals surface area contributed by atoms with Crippen LogP contribution in [0.5, 0.6) is 0 Å². The molecule has 2 aromatic heterocycles. The second kappa shape index (κ2) is 10.7. The molecule has 218 valence electrons. The van der Waals surface area contributed by atoms with Crippen molar-refractivity contribution in [2.45, 2.75) is 23.6 Å². The zero-order valence-corrected chi connectivity index (χ0v) is 27.2. The third-order valence-corrected chi connectivity index (χ3v) is 10.2. The minimum Gasteiger partial charge on any atom is -0.343 e. The number of nitrogens with zero attached hydrogens (tertiary/aromatic N) is 2. The molecule has 0 fully saturated rings. The van der Waals surface area contributed by atoms with Gasteiger partial charge in [0.1, 0.15) is 0 Å². The fourth-order valence-electron chi connectivity index (χ4n) is 6.71. The van der Waals surface area contributed by atoms with Gasteiger partial charge in [0.15, 0.2) is 10.9 Å². The first kappa shape index (κ1) is 28.5. The maximum Gasteiger partial charge on any atom is 0.197 e. The predicted molar refractivity (Wildman–Crippen MR) is 191 cm³/mol. The number of pyridine rings is 2. The van der Waals surface area contributed by atoms with Crippen LogP contribution < -0.4 is 10.9 Å². The molecule has 0 saturated carbocycles. The van der Waals surface area contributed by atoms with Crippen molar-refractivity contribution in [1.82, 2.24) is 9.13 Å². The molecule has 0 N–H and O–H groups in total. The molecule has 5 aromatic carbocycles. The van der Waals surface area contributed by atoms with Crippen LogP contribution in [0.25, 0.3) is 65.9 Å². The Morgan fingerprint density at radius 2 is 0.932 bits per heavy atom. The lowest BCUT2D eigenvalue weighted by Gasteiger charge is -2.18. The van der Waals surface area contributed by atoms with Crippen LogP contribution in [0.3, 0.4) is 0 Å². The van der Waals surface area contributed by atoms with Gasteiger partial charge < -0.3 is 9.13 Å². The van der Waals surface area contributed by atoms with E-state index in [0.29, 0.717) is 21.5 Å². The number of benzene rings is 5. The maximum atomic E-state index is 14.2. The SMILES string of the molecule is CSc1cc(C)cc(-c2cccc3c(=O)c4cc5c(cc4n(C)c23)c(=O)c2cccc(-c3cc(C)cc(SC)c3)c2n5C)c1. The van der Waals surface area contributed by atoms with Gasteiger partial charge in [-0.25, -0.2) is 0 Å². The molecule has 4 nitrogen and oxygen atoms in total. The molecule has 2 heterocycles. The standard InChI is InChI=1S/C38H32N2O2S2/c1-21-13-23(17-25(15-21)43-5)27-9-7-11-29-35(27)39(3)33-19-32-34(20-31(33)37(29)41)40(4)36-28(10-8-12-30(36)38(32)42)24-14-22(2)16-26(18-24)44-6/h7-20H,1-6H3. The van der Waals surface area contributed by atoms with Crippen molar-refractivity contribution in [2.75, 3.05) is 12.5 Å². The number of aryl methyl sites for hydroxylation is 4. The van der Waals surface area contributed by atoms with Crippen molar-refractivity contribution in [2.24, 2.45) is 14.1 Å². The summed E-state index contributed by atoms with van der Waals surface area (Å²) in [4.78, 5) is 30.8. The Hall–Kier alpha value is -4.26. The van der Waals surface area contributed by atoms with E-state index in [1.165, 1.54) is 20.9 Å². The second-order valence-electron chi connectivity index (χ2n) is 11.5. The third kappa shape index (κ3) is 4.39. The van der Waals surface area contributed by atoms with Crippen LogP contribution in [0.4, 0.5) is 0 Å². The largest absolute Gasteiger partial charge is 0.343 e. The van der Waals surface area contributed by atoms with E-state index >= 15 is 0 Å². The summed E-state index contributed by atoms with van der Waals surface area (Å²) in [6, 6.07) is 28.8. The van der Waals surface area contributed by atoms with E-state index in [-0.39, 0.29) is 10.9 Å². The molecular formula is C38H32N2O2S2. The van der Waals surface area contributed by atoms with E-state index in [9.17, 15) is 9.59 Å². The van der Waals surface area contributed by atoms with Crippen LogP contribution in [0.2, 0.25) is 0 Å². The summed E-state index contributed by atoms with van der Waals surface area (Å²) in [5, 5.41) is 2.54. The smallest absolute Gasteiger partial charge is 0.197 e. The summed E-state index contributed by atoms with van der Waals surface area (Å²) in [5.74, 6) is 0. The summed E-state index contributed by atoms with van der Waals surface area (Å²) >= 11 is 3.42. The van der Waals surface area contributed by atoms with Crippen molar-refractivity contribution < 1.29 is 0 Å². The first-order valence-corrected chi connectivity index (χ1v) is 17.0. The molecule has 7 aromatic rings. The highest BCUT2D eigenvalue weighted by molar-refractivity contribution is 7.98. The fourth-order valence-corrected chi connectivity index (χ4v) is 7.81. The average molecular weight is 613 g/mol. The summed E-state index contributed by atoms with van der Waals surface area (Å²) in [6.45, 7) is 4.20. The van der Waals surface area contributed by atoms with E-state index in [1.807, 2.05) is 50.5 Å². The van der Waals surface area contributed by atoms with E-state index in [0.717, 1.165) is 44.3 Å². The van der Waals surface area contributed by atoms with Crippen LogP contribution in [-0.2, 0) is 14.1 Å². The van der Waals surface area contributed by atoms with Crippen molar-refractivity contribution in [3.8, 4) is 22.3 Å². The van der Waals surface area contributed by atoms with Gasteiger partial charge in [0.25, 0.3) is 0 Å². The lowest BCUT2D eigenvalue weighted by atomic mass is 9.97. The first-order valence-electron chi connectivity index (χ1n) is 14.5. The van der Waals surface area contributed by atoms with Gasteiger partial charge in [-0.3, -0.25) is 9.59 Å². The van der Waals surface area contributed by atoms with Crippen LogP contribution in [0.15, 0.2) is 104 Å². The number of para-hydroxylation sites is 2. The maximum absolute atomic E-state index is 14.2. The van der Waals surface area contributed by atoms with Gasteiger partial charge in [0, 0.05) is 56.6 Å². The molecule has 0 unspecified atom stereocenters. The molecule has 0 spiro atoms. The topological polar surface area (TPSA) is 44.0 Å². The quantitative estimate of drug-likeness (QED) is 0.147. The number of fused-ring (bicyclic) bond motifs is 4. The zero-order chi connectivity index (χ0) is 30.9. The molecule has 0 bridgehead atoms. The Morgan fingerprint density at radius 3 is 1.32 bits per heavy atom. The van der Waals surface area contributed by atoms with Crippen molar-refractivity contribution >= 4 is 67.1 Å². The molecule has 0 radical (unpaired) electrons. The normalized spacial score (nSPS) is 11.8. The Labute approximate surface area is 264 Å². The molecule has 0 aliphatic rings. The number of hydrogen-bond donors (Lipinski definition) is 0. The summed E-state index contributed by atoms with van der Waals surface area (Å²) in [5.41, 5.74) is 9.66. The van der Waals surface area contributed by atoms with Crippen LogP contribution in [0.1, 0.15) is 11.1 Å². The van der Waals surface area contributed by atoms with Crippen molar-refractivity contribution in [3.05, 3.63) is 117 Å². The number of aromatic nitrogens is 2. The highest BCUT2D eigenvalue weighted by atomic mass is 32.2. The van der Waals surface area contributed by atoms with Gasteiger partial charge in [-0.15, -0.1) is 23.5 Å². The third-order valence-electron chi connectivity index (χ3n) is 8.75. The van der Waals surface area contributed by atoms with Gasteiger partial charge >= 0.3 is 0 Å². The van der Waals surface area contributed by atoms with E-state index in [1.54, 1.807) is 23.5 Å². The number of hydrogen-bond acceptors (Lipinski definition) is 4. The van der Waals surface area contributed by atoms with Gasteiger partial charge in [-0.1, -0.05) is 36.4 Å². The highest BCUT2D eigenvalue weighted by Crippen LogP contribution is 2.35. The molecular weight excluding hydrogens is 581 g/mol. The lowest BCUT2D eigenvalue weighted by molar-refractivity contribution is 0.994. The monoisotopic (exact) mass is 612 g/mol. The Balaban J connectivity index is 1.58. The van der Waals surface area contributed by atoms with Crippen LogP contribution in [0, 0.1) is 13.8 Å². The molecule has 0 amide bonds. The van der Waals surface area contributed by atoms with Crippen molar-refractivity contribution in [3.63, 3.8) is 0 Å². The van der Waals surface area contributed by atoms with E-state index < -0.39 is 0 Å². The molecule has 0 atom stereocenters. The number of thioether (sulfide) groups is 2. The predicted octanol–water partition coefficient (Wildman–Crippen LogP) is 9.09. The summed E-state index contributed by atoms with van der Waals surface area (Å²) in [6.07, 6.45) is 4.15. The van der Waals surface area contributed by atoms with E-state index in [4.69, 9.17) is 0 Å². The Morgan fingerprint density at radius 1 is 0.523 bits per heavy atom. The Bertz CT molecular complexity index is 2280. The molecule has 0 aliphatic heterocycles. The molecule has 6 heteroatoms. The van der Waals surface area contributed by atoms with E-state index in [2.05, 4.69) is 84.0 Å². The molecule has 0 saturated heterocycles.